The molecule has 1 saturated carbocycles. The van der Waals surface area contributed by atoms with Crippen molar-refractivity contribution in [1.82, 2.24) is 9.55 Å². The molecule has 0 radical (unpaired) electrons. The van der Waals surface area contributed by atoms with E-state index in [0.717, 1.165) is 36.8 Å². The second-order valence-electron chi connectivity index (χ2n) is 7.76. The van der Waals surface area contributed by atoms with Crippen molar-refractivity contribution >= 4 is 5.78 Å². The summed E-state index contributed by atoms with van der Waals surface area (Å²) in [5, 5.41) is 0. The van der Waals surface area contributed by atoms with E-state index in [4.69, 9.17) is 0 Å². The minimum absolute atomic E-state index is 0.238. The van der Waals surface area contributed by atoms with Crippen LogP contribution in [-0.4, -0.2) is 15.3 Å². The number of hydrogen-bond donors (Lipinski definition) is 1. The molecule has 144 valence electrons. The first-order valence-corrected chi connectivity index (χ1v) is 9.89. The highest BCUT2D eigenvalue weighted by Crippen LogP contribution is 2.25. The Hall–Kier alpha value is -2.43. The maximum absolute atomic E-state index is 13.4. The lowest BCUT2D eigenvalue weighted by molar-refractivity contribution is 0.102. The van der Waals surface area contributed by atoms with Gasteiger partial charge in [-0.3, -0.25) is 19.1 Å². The van der Waals surface area contributed by atoms with Gasteiger partial charge in [0, 0.05) is 17.7 Å². The van der Waals surface area contributed by atoms with Gasteiger partial charge in [0.05, 0.1) is 0 Å². The normalized spacial score (nSPS) is 15.1. The van der Waals surface area contributed by atoms with Gasteiger partial charge in [-0.25, -0.2) is 4.79 Å². The van der Waals surface area contributed by atoms with Crippen molar-refractivity contribution in [2.24, 2.45) is 5.92 Å². The van der Waals surface area contributed by atoms with E-state index in [1.54, 1.807) is 0 Å². The van der Waals surface area contributed by atoms with Gasteiger partial charge in [-0.1, -0.05) is 43.4 Å². The third-order valence-corrected chi connectivity index (χ3v) is 5.51. The molecule has 1 aromatic carbocycles. The molecular weight excluding hydrogens is 340 g/mol. The van der Waals surface area contributed by atoms with Crippen LogP contribution in [0, 0.1) is 19.8 Å². The van der Waals surface area contributed by atoms with E-state index >= 15 is 0 Å². The molecule has 3 rings (SSSR count). The molecule has 5 heteroatoms. The Morgan fingerprint density at radius 3 is 2.30 bits per heavy atom. The zero-order valence-corrected chi connectivity index (χ0v) is 16.4. The molecule has 1 fully saturated rings. The zero-order chi connectivity index (χ0) is 19.6. The summed E-state index contributed by atoms with van der Waals surface area (Å²) >= 11 is 0. The summed E-state index contributed by atoms with van der Waals surface area (Å²) in [7, 11) is 0. The quantitative estimate of drug-likeness (QED) is 0.821. The summed E-state index contributed by atoms with van der Waals surface area (Å²) in [4.78, 5) is 40.8. The lowest BCUT2D eigenvalue weighted by Crippen LogP contribution is -2.39. The maximum atomic E-state index is 13.4. The Kier molecular flexibility index (Phi) is 5.78. The Labute approximate surface area is 159 Å². The molecular formula is C22H28N2O3. The van der Waals surface area contributed by atoms with E-state index < -0.39 is 11.2 Å². The van der Waals surface area contributed by atoms with E-state index in [2.05, 4.69) is 4.98 Å². The summed E-state index contributed by atoms with van der Waals surface area (Å²) in [6.45, 7) is 6.22. The predicted molar refractivity (Wildman–Crippen MR) is 107 cm³/mol. The summed E-state index contributed by atoms with van der Waals surface area (Å²) in [6.07, 6.45) is 6.07. The molecule has 1 heterocycles. The number of nitrogens with one attached hydrogen (secondary N) is 1. The Morgan fingerprint density at radius 1 is 1.07 bits per heavy atom. The lowest BCUT2D eigenvalue weighted by Gasteiger charge is -2.24. The number of nitrogens with zero attached hydrogens (tertiary/aromatic N) is 1. The van der Waals surface area contributed by atoms with Crippen LogP contribution in [0.15, 0.2) is 27.8 Å². The fraction of sp³-hybridized carbons (Fsp3) is 0.500. The van der Waals surface area contributed by atoms with Gasteiger partial charge in [0.25, 0.3) is 5.56 Å². The molecule has 0 atom stereocenters. The number of aromatic nitrogens is 2. The minimum Gasteiger partial charge on any atom is -0.290 e. The van der Waals surface area contributed by atoms with Crippen molar-refractivity contribution in [3.63, 3.8) is 0 Å². The van der Waals surface area contributed by atoms with Gasteiger partial charge in [0.15, 0.2) is 0 Å². The van der Waals surface area contributed by atoms with Crippen LogP contribution in [0.1, 0.15) is 71.8 Å². The summed E-state index contributed by atoms with van der Waals surface area (Å²) in [5.41, 5.74) is 2.25. The van der Waals surface area contributed by atoms with Crippen molar-refractivity contribution in [3.8, 4) is 0 Å². The van der Waals surface area contributed by atoms with Crippen molar-refractivity contribution in [3.05, 3.63) is 67.0 Å². The number of aryl methyl sites for hydroxylation is 2. The molecule has 0 amide bonds. The van der Waals surface area contributed by atoms with Crippen LogP contribution in [0.25, 0.3) is 0 Å². The third-order valence-electron chi connectivity index (χ3n) is 5.51. The van der Waals surface area contributed by atoms with Crippen molar-refractivity contribution in [1.29, 1.82) is 0 Å². The Balaban J connectivity index is 2.14. The molecule has 0 aliphatic heterocycles. The van der Waals surface area contributed by atoms with Gasteiger partial charge < -0.3 is 0 Å². The lowest BCUT2D eigenvalue weighted by atomic mass is 9.89. The molecule has 1 aliphatic carbocycles. The van der Waals surface area contributed by atoms with Gasteiger partial charge in [-0.05, 0) is 51.2 Å². The summed E-state index contributed by atoms with van der Waals surface area (Å²) in [5.74, 6) is 0.135. The maximum Gasteiger partial charge on any atom is 0.328 e. The van der Waals surface area contributed by atoms with Gasteiger partial charge in [-0.15, -0.1) is 0 Å². The zero-order valence-electron chi connectivity index (χ0n) is 16.4. The predicted octanol–water partition coefficient (Wildman–Crippen LogP) is 3.53. The number of carbonyl (C=O) groups is 1. The largest absolute Gasteiger partial charge is 0.328 e. The first-order valence-electron chi connectivity index (χ1n) is 9.89. The molecule has 0 bridgehead atoms. The van der Waals surface area contributed by atoms with Crippen LogP contribution in [0.3, 0.4) is 0 Å². The molecule has 0 spiro atoms. The molecule has 0 saturated heterocycles. The van der Waals surface area contributed by atoms with E-state index in [1.807, 2.05) is 39.0 Å². The Morgan fingerprint density at radius 2 is 1.70 bits per heavy atom. The van der Waals surface area contributed by atoms with Crippen LogP contribution >= 0.6 is 0 Å². The third kappa shape index (κ3) is 4.12. The number of H-pyrrole nitrogens is 1. The number of benzene rings is 1. The van der Waals surface area contributed by atoms with E-state index in [0.29, 0.717) is 30.0 Å². The molecule has 27 heavy (non-hydrogen) atoms. The SMILES string of the molecule is CCc1c(C(=O)c2cc(C)cc(C)c2)n(CC2CCCCC2)c(=O)[nH]c1=O. The van der Waals surface area contributed by atoms with Gasteiger partial charge in [-0.2, -0.15) is 0 Å². The number of carbonyl (C=O) groups excluding carboxylic acids is 1. The summed E-state index contributed by atoms with van der Waals surface area (Å²) < 4.78 is 1.52. The second kappa shape index (κ2) is 8.07. The van der Waals surface area contributed by atoms with Crippen molar-refractivity contribution < 1.29 is 4.79 Å². The van der Waals surface area contributed by atoms with Crippen LogP contribution in [0.2, 0.25) is 0 Å². The standard InChI is InChI=1S/C22H28N2O3/c1-4-18-19(20(25)17-11-14(2)10-15(3)12-17)24(22(27)23-21(18)26)13-16-8-6-5-7-9-16/h10-12,16H,4-9,13H2,1-3H3,(H,23,26,27). The van der Waals surface area contributed by atoms with Crippen molar-refractivity contribution in [2.45, 2.75) is 65.8 Å². The smallest absolute Gasteiger partial charge is 0.290 e. The van der Waals surface area contributed by atoms with Gasteiger partial charge in [0.2, 0.25) is 5.78 Å². The van der Waals surface area contributed by atoms with Crippen LogP contribution < -0.4 is 11.2 Å². The number of hydrogen-bond acceptors (Lipinski definition) is 3. The van der Waals surface area contributed by atoms with Gasteiger partial charge >= 0.3 is 5.69 Å². The van der Waals surface area contributed by atoms with E-state index in [-0.39, 0.29) is 11.5 Å². The van der Waals surface area contributed by atoms with E-state index in [9.17, 15) is 14.4 Å². The average molecular weight is 368 g/mol. The highest BCUT2D eigenvalue weighted by molar-refractivity contribution is 6.09. The average Bonchev–Trinajstić information content (AvgIpc) is 2.63. The first-order chi connectivity index (χ1) is 12.9. The highest BCUT2D eigenvalue weighted by atomic mass is 16.2. The fourth-order valence-corrected chi connectivity index (χ4v) is 4.24. The molecule has 1 aromatic heterocycles. The highest BCUT2D eigenvalue weighted by Gasteiger charge is 2.24. The van der Waals surface area contributed by atoms with E-state index in [1.165, 1.54) is 11.0 Å². The monoisotopic (exact) mass is 368 g/mol. The summed E-state index contributed by atoms with van der Waals surface area (Å²) in [6, 6.07) is 5.65. The van der Waals surface area contributed by atoms with Crippen LogP contribution in [0.4, 0.5) is 0 Å². The van der Waals surface area contributed by atoms with Gasteiger partial charge in [0.1, 0.15) is 5.69 Å². The number of rotatable bonds is 5. The topological polar surface area (TPSA) is 71.9 Å². The molecule has 0 unspecified atom stereocenters. The number of ketones is 1. The first kappa shape index (κ1) is 19.3. The van der Waals surface area contributed by atoms with Crippen LogP contribution in [-0.2, 0) is 13.0 Å². The fourth-order valence-electron chi connectivity index (χ4n) is 4.24. The van der Waals surface area contributed by atoms with Crippen molar-refractivity contribution in [2.75, 3.05) is 0 Å². The molecule has 5 nitrogen and oxygen atoms in total. The molecule has 1 N–H and O–H groups in total. The van der Waals surface area contributed by atoms with Crippen LogP contribution in [0.5, 0.6) is 0 Å². The second-order valence-corrected chi connectivity index (χ2v) is 7.76. The Bertz CT molecular complexity index is 942. The molecule has 2 aromatic rings. The number of aromatic amines is 1. The minimum atomic E-state index is -0.476. The molecule has 1 aliphatic rings.